The quantitative estimate of drug-likeness (QED) is 0.409. The Balaban J connectivity index is 1.33. The molecule has 0 unspecified atom stereocenters. The second-order valence-electron chi connectivity index (χ2n) is 8.00. The van der Waals surface area contributed by atoms with Crippen LogP contribution in [0.25, 0.3) is 16.8 Å². The summed E-state index contributed by atoms with van der Waals surface area (Å²) in [5, 5.41) is 4.79. The van der Waals surface area contributed by atoms with Gasteiger partial charge in [-0.2, -0.15) is 5.10 Å². The van der Waals surface area contributed by atoms with Gasteiger partial charge in [-0.3, -0.25) is 0 Å². The zero-order valence-electron chi connectivity index (χ0n) is 18.4. The molecule has 0 saturated carbocycles. The van der Waals surface area contributed by atoms with E-state index in [4.69, 9.17) is 14.8 Å². The molecular weight excluding hydrogens is 400 g/mol. The van der Waals surface area contributed by atoms with Gasteiger partial charge in [0.05, 0.1) is 12.3 Å². The molecule has 0 N–H and O–H groups in total. The number of ether oxygens (including phenoxy) is 1. The van der Waals surface area contributed by atoms with Crippen molar-refractivity contribution in [1.82, 2.24) is 19.6 Å². The van der Waals surface area contributed by atoms with Crippen LogP contribution in [0.15, 0.2) is 67.1 Å². The predicted molar refractivity (Wildman–Crippen MR) is 127 cm³/mol. The van der Waals surface area contributed by atoms with Gasteiger partial charge in [0.25, 0.3) is 0 Å². The summed E-state index contributed by atoms with van der Waals surface area (Å²) in [6, 6.07) is 16.4. The second-order valence-corrected chi connectivity index (χ2v) is 8.00. The van der Waals surface area contributed by atoms with Crippen molar-refractivity contribution < 1.29 is 4.74 Å². The molecule has 4 heterocycles. The summed E-state index contributed by atoms with van der Waals surface area (Å²) in [4.78, 5) is 13.8. The minimum Gasteiger partial charge on any atom is -0.494 e. The lowest BCUT2D eigenvalue weighted by atomic mass is 10.1. The van der Waals surface area contributed by atoms with Crippen LogP contribution >= 0.6 is 0 Å². The van der Waals surface area contributed by atoms with Crippen molar-refractivity contribution in [1.29, 1.82) is 0 Å². The molecule has 7 nitrogen and oxygen atoms in total. The SMILES string of the molecule is CCCCOc1ccc(-c2cc3c(N4CCN(c5ccccn5)CC4)nccn3n2)cc1. The first kappa shape index (κ1) is 20.3. The van der Waals surface area contributed by atoms with E-state index < -0.39 is 0 Å². The summed E-state index contributed by atoms with van der Waals surface area (Å²) in [6.07, 6.45) is 7.79. The van der Waals surface area contributed by atoms with Gasteiger partial charge in [-0.15, -0.1) is 0 Å². The lowest BCUT2D eigenvalue weighted by molar-refractivity contribution is 0.309. The number of nitrogens with zero attached hydrogens (tertiary/aromatic N) is 6. The van der Waals surface area contributed by atoms with E-state index in [2.05, 4.69) is 46.0 Å². The Bertz CT molecular complexity index is 1150. The van der Waals surface area contributed by atoms with Crippen LogP contribution in [-0.2, 0) is 0 Å². The number of unbranched alkanes of at least 4 members (excludes halogenated alkanes) is 1. The van der Waals surface area contributed by atoms with Crippen LogP contribution in [0.1, 0.15) is 19.8 Å². The first-order valence-corrected chi connectivity index (χ1v) is 11.3. The van der Waals surface area contributed by atoms with Crippen molar-refractivity contribution in [2.45, 2.75) is 19.8 Å². The fourth-order valence-electron chi connectivity index (χ4n) is 4.04. The average Bonchev–Trinajstić information content (AvgIpc) is 3.30. The molecule has 164 valence electrons. The van der Waals surface area contributed by atoms with Crippen LogP contribution in [0.5, 0.6) is 5.75 Å². The molecule has 3 aromatic heterocycles. The molecule has 1 saturated heterocycles. The molecule has 5 rings (SSSR count). The fraction of sp³-hybridized carbons (Fsp3) is 0.320. The first-order valence-electron chi connectivity index (χ1n) is 11.3. The highest BCUT2D eigenvalue weighted by molar-refractivity contribution is 5.75. The molecule has 0 bridgehead atoms. The molecule has 1 aliphatic heterocycles. The molecule has 0 radical (unpaired) electrons. The normalized spacial score (nSPS) is 14.2. The summed E-state index contributed by atoms with van der Waals surface area (Å²) in [6.45, 7) is 6.55. The molecule has 0 amide bonds. The van der Waals surface area contributed by atoms with Gasteiger partial charge in [-0.05, 0) is 48.9 Å². The molecule has 1 aliphatic rings. The van der Waals surface area contributed by atoms with Crippen molar-refractivity contribution in [2.24, 2.45) is 0 Å². The van der Waals surface area contributed by atoms with Crippen molar-refractivity contribution in [2.75, 3.05) is 42.6 Å². The van der Waals surface area contributed by atoms with E-state index in [0.29, 0.717) is 0 Å². The molecule has 7 heteroatoms. The number of rotatable bonds is 7. The van der Waals surface area contributed by atoms with E-state index in [9.17, 15) is 0 Å². The van der Waals surface area contributed by atoms with Gasteiger partial charge in [0.15, 0.2) is 5.82 Å². The Morgan fingerprint density at radius 3 is 2.47 bits per heavy atom. The molecule has 4 aromatic rings. The van der Waals surface area contributed by atoms with E-state index in [1.807, 2.05) is 47.4 Å². The van der Waals surface area contributed by atoms with Crippen LogP contribution in [0.4, 0.5) is 11.6 Å². The van der Waals surface area contributed by atoms with Crippen molar-refractivity contribution in [3.8, 4) is 17.0 Å². The summed E-state index contributed by atoms with van der Waals surface area (Å²) >= 11 is 0. The maximum atomic E-state index is 5.78. The predicted octanol–water partition coefficient (Wildman–Crippen LogP) is 4.30. The van der Waals surface area contributed by atoms with Gasteiger partial charge in [0.2, 0.25) is 0 Å². The summed E-state index contributed by atoms with van der Waals surface area (Å²) in [5.41, 5.74) is 3.03. The molecule has 32 heavy (non-hydrogen) atoms. The largest absolute Gasteiger partial charge is 0.494 e. The molecule has 0 aliphatic carbocycles. The third-order valence-corrected chi connectivity index (χ3v) is 5.84. The van der Waals surface area contributed by atoms with Gasteiger partial charge < -0.3 is 14.5 Å². The second kappa shape index (κ2) is 9.26. The minimum atomic E-state index is 0.757. The Morgan fingerprint density at radius 1 is 0.906 bits per heavy atom. The number of aromatic nitrogens is 4. The summed E-state index contributed by atoms with van der Waals surface area (Å²) in [7, 11) is 0. The van der Waals surface area contributed by atoms with Crippen LogP contribution in [0, 0.1) is 0 Å². The van der Waals surface area contributed by atoms with Gasteiger partial charge >= 0.3 is 0 Å². The topological polar surface area (TPSA) is 58.8 Å². The number of piperazine rings is 1. The number of benzene rings is 1. The number of hydrogen-bond acceptors (Lipinski definition) is 6. The Morgan fingerprint density at radius 2 is 1.72 bits per heavy atom. The Kier molecular flexibility index (Phi) is 5.87. The number of anilines is 2. The third kappa shape index (κ3) is 4.23. The lowest BCUT2D eigenvalue weighted by Gasteiger charge is -2.36. The van der Waals surface area contributed by atoms with Gasteiger partial charge in [-0.1, -0.05) is 19.4 Å². The Hall–Kier alpha value is -3.61. The van der Waals surface area contributed by atoms with E-state index in [0.717, 1.165) is 79.8 Å². The molecule has 1 fully saturated rings. The van der Waals surface area contributed by atoms with E-state index >= 15 is 0 Å². The molecule has 0 atom stereocenters. The maximum Gasteiger partial charge on any atom is 0.154 e. The van der Waals surface area contributed by atoms with Crippen LogP contribution in [-0.4, -0.2) is 52.4 Å². The standard InChI is InChI=1S/C25H28N6O/c1-2-3-18-32-21-9-7-20(8-10-21)22-19-23-25(27-12-13-31(23)28-22)30-16-14-29(15-17-30)24-6-4-5-11-26-24/h4-13,19H,2-3,14-18H2,1H3. The van der Waals surface area contributed by atoms with Gasteiger partial charge in [-0.25, -0.2) is 14.5 Å². The van der Waals surface area contributed by atoms with E-state index in [-0.39, 0.29) is 0 Å². The molecule has 0 spiro atoms. The fourth-order valence-corrected chi connectivity index (χ4v) is 4.04. The van der Waals surface area contributed by atoms with E-state index in [1.54, 1.807) is 0 Å². The highest BCUT2D eigenvalue weighted by Crippen LogP contribution is 2.27. The molecular formula is C25H28N6O. The van der Waals surface area contributed by atoms with Crippen molar-refractivity contribution in [3.05, 3.63) is 67.1 Å². The van der Waals surface area contributed by atoms with Crippen LogP contribution < -0.4 is 14.5 Å². The smallest absolute Gasteiger partial charge is 0.154 e. The summed E-state index contributed by atoms with van der Waals surface area (Å²) in [5.74, 6) is 2.91. The minimum absolute atomic E-state index is 0.757. The highest BCUT2D eigenvalue weighted by Gasteiger charge is 2.21. The highest BCUT2D eigenvalue weighted by atomic mass is 16.5. The lowest BCUT2D eigenvalue weighted by Crippen LogP contribution is -2.47. The first-order chi connectivity index (χ1) is 15.8. The zero-order chi connectivity index (χ0) is 21.8. The average molecular weight is 429 g/mol. The van der Waals surface area contributed by atoms with Gasteiger partial charge in [0, 0.05) is 50.3 Å². The number of fused-ring (bicyclic) bond motifs is 1. The number of pyridine rings is 1. The van der Waals surface area contributed by atoms with Crippen molar-refractivity contribution in [3.63, 3.8) is 0 Å². The van der Waals surface area contributed by atoms with E-state index in [1.165, 1.54) is 0 Å². The zero-order valence-corrected chi connectivity index (χ0v) is 18.4. The molecule has 1 aromatic carbocycles. The van der Waals surface area contributed by atoms with Crippen LogP contribution in [0.2, 0.25) is 0 Å². The monoisotopic (exact) mass is 428 g/mol. The number of hydrogen-bond donors (Lipinski definition) is 0. The van der Waals surface area contributed by atoms with Crippen LogP contribution in [0.3, 0.4) is 0 Å². The maximum absolute atomic E-state index is 5.78. The third-order valence-electron chi connectivity index (χ3n) is 5.84. The summed E-state index contributed by atoms with van der Waals surface area (Å²) < 4.78 is 7.71. The van der Waals surface area contributed by atoms with Gasteiger partial charge in [0.1, 0.15) is 17.1 Å². The van der Waals surface area contributed by atoms with Crippen molar-refractivity contribution >= 4 is 17.2 Å². The Labute approximate surface area is 188 Å².